The van der Waals surface area contributed by atoms with Gasteiger partial charge in [0.25, 0.3) is 0 Å². The molecule has 0 radical (unpaired) electrons. The minimum atomic E-state index is -0.516. The van der Waals surface area contributed by atoms with Crippen LogP contribution in [0.3, 0.4) is 0 Å². The van der Waals surface area contributed by atoms with Crippen LogP contribution in [-0.4, -0.2) is 37.9 Å². The zero-order valence-corrected chi connectivity index (χ0v) is 28.5. The fraction of sp³-hybridized carbons (Fsp3) is 0.946. The van der Waals surface area contributed by atoms with Crippen LogP contribution in [-0.2, 0) is 23.8 Å². The van der Waals surface area contributed by atoms with Gasteiger partial charge in [-0.15, -0.1) is 0 Å². The molecule has 0 N–H and O–H groups in total. The van der Waals surface area contributed by atoms with E-state index in [1.807, 2.05) is 0 Å². The lowest BCUT2D eigenvalue weighted by atomic mass is 10.0. The highest BCUT2D eigenvalue weighted by Gasteiger charge is 2.17. The lowest BCUT2D eigenvalue weighted by molar-refractivity contribution is -0.163. The van der Waals surface area contributed by atoms with Crippen molar-refractivity contribution in [3.63, 3.8) is 0 Å². The van der Waals surface area contributed by atoms with Crippen molar-refractivity contribution in [2.75, 3.05) is 19.8 Å². The van der Waals surface area contributed by atoms with E-state index >= 15 is 0 Å². The Kier molecular flexibility index (Phi) is 33.5. The molecule has 1 unspecified atom stereocenters. The monoisotopic (exact) mass is 597 g/mol. The standard InChI is InChI=1S/C37H72O5/c1-4-7-10-13-15-17-18-19-20-21-22-25-27-30-36(38)41-34-35(42-37(39)31-28-24-12-9-6-3)33-40-32-29-26-23-16-14-11-8-5-2/h35H,4-34H2,1-3H3. The van der Waals surface area contributed by atoms with Gasteiger partial charge in [-0.25, -0.2) is 0 Å². The van der Waals surface area contributed by atoms with Crippen molar-refractivity contribution in [3.8, 4) is 0 Å². The third-order valence-corrected chi connectivity index (χ3v) is 8.14. The predicted octanol–water partition coefficient (Wildman–Crippen LogP) is 11.4. The first-order valence-electron chi connectivity index (χ1n) is 18.6. The highest BCUT2D eigenvalue weighted by atomic mass is 16.6. The number of rotatable bonds is 34. The van der Waals surface area contributed by atoms with E-state index in [9.17, 15) is 9.59 Å². The number of carbonyl (C=O) groups is 2. The summed E-state index contributed by atoms with van der Waals surface area (Å²) in [5, 5.41) is 0. The molecule has 0 aliphatic carbocycles. The summed E-state index contributed by atoms with van der Waals surface area (Å²) in [6.07, 6.45) is 32.5. The van der Waals surface area contributed by atoms with Crippen LogP contribution >= 0.6 is 0 Å². The van der Waals surface area contributed by atoms with Crippen molar-refractivity contribution in [1.29, 1.82) is 0 Å². The summed E-state index contributed by atoms with van der Waals surface area (Å²) >= 11 is 0. The number of hydrogen-bond acceptors (Lipinski definition) is 5. The van der Waals surface area contributed by atoms with E-state index in [0.29, 0.717) is 26.1 Å². The molecular weight excluding hydrogens is 524 g/mol. The maximum atomic E-state index is 12.4. The Morgan fingerprint density at radius 3 is 1.21 bits per heavy atom. The van der Waals surface area contributed by atoms with Crippen LogP contribution in [0.5, 0.6) is 0 Å². The van der Waals surface area contributed by atoms with E-state index in [0.717, 1.165) is 38.5 Å². The molecular formula is C37H72O5. The summed E-state index contributed by atoms with van der Waals surface area (Å²) in [4.78, 5) is 24.7. The molecule has 0 amide bonds. The summed E-state index contributed by atoms with van der Waals surface area (Å²) < 4.78 is 17.0. The fourth-order valence-corrected chi connectivity index (χ4v) is 5.33. The lowest BCUT2D eigenvalue weighted by Crippen LogP contribution is -2.30. The average Bonchev–Trinajstić information content (AvgIpc) is 2.99. The van der Waals surface area contributed by atoms with Gasteiger partial charge in [-0.1, -0.05) is 168 Å². The molecule has 0 aliphatic heterocycles. The predicted molar refractivity (Wildman–Crippen MR) is 178 cm³/mol. The second kappa shape index (κ2) is 34.4. The van der Waals surface area contributed by atoms with Gasteiger partial charge in [0.1, 0.15) is 6.61 Å². The Labute approximate surface area is 262 Å². The first kappa shape index (κ1) is 40.9. The van der Waals surface area contributed by atoms with Gasteiger partial charge in [0.05, 0.1) is 6.61 Å². The lowest BCUT2D eigenvalue weighted by Gasteiger charge is -2.18. The molecule has 0 aliphatic rings. The SMILES string of the molecule is CCCCCCCCCCCCCCCC(=O)OCC(COCCCCCCCCCC)OC(=O)CCCCCCC. The zero-order chi connectivity index (χ0) is 30.8. The summed E-state index contributed by atoms with van der Waals surface area (Å²) in [6, 6.07) is 0. The van der Waals surface area contributed by atoms with Gasteiger partial charge in [-0.05, 0) is 19.3 Å². The summed E-state index contributed by atoms with van der Waals surface area (Å²) in [7, 11) is 0. The van der Waals surface area contributed by atoms with Crippen molar-refractivity contribution in [2.24, 2.45) is 0 Å². The van der Waals surface area contributed by atoms with Crippen molar-refractivity contribution < 1.29 is 23.8 Å². The van der Waals surface area contributed by atoms with Crippen molar-refractivity contribution in [2.45, 2.75) is 207 Å². The zero-order valence-electron chi connectivity index (χ0n) is 28.5. The first-order valence-corrected chi connectivity index (χ1v) is 18.6. The van der Waals surface area contributed by atoms with Gasteiger partial charge < -0.3 is 14.2 Å². The molecule has 5 nitrogen and oxygen atoms in total. The minimum absolute atomic E-state index is 0.0935. The molecule has 250 valence electrons. The minimum Gasteiger partial charge on any atom is -0.462 e. The molecule has 1 atom stereocenters. The maximum absolute atomic E-state index is 12.4. The third-order valence-electron chi connectivity index (χ3n) is 8.14. The largest absolute Gasteiger partial charge is 0.462 e. The maximum Gasteiger partial charge on any atom is 0.306 e. The molecule has 0 heterocycles. The van der Waals surface area contributed by atoms with Crippen molar-refractivity contribution in [3.05, 3.63) is 0 Å². The third kappa shape index (κ3) is 31.8. The van der Waals surface area contributed by atoms with Gasteiger partial charge in [0.15, 0.2) is 6.10 Å². The molecule has 0 aromatic heterocycles. The number of carbonyl (C=O) groups excluding carboxylic acids is 2. The first-order chi connectivity index (χ1) is 20.6. The Morgan fingerprint density at radius 2 is 0.786 bits per heavy atom. The normalized spacial score (nSPS) is 12.0. The van der Waals surface area contributed by atoms with E-state index in [1.165, 1.54) is 128 Å². The summed E-state index contributed by atoms with van der Waals surface area (Å²) in [5.41, 5.74) is 0. The Balaban J connectivity index is 4.05. The fourth-order valence-electron chi connectivity index (χ4n) is 5.33. The summed E-state index contributed by atoms with van der Waals surface area (Å²) in [5.74, 6) is -0.401. The van der Waals surface area contributed by atoms with Crippen molar-refractivity contribution >= 4 is 11.9 Å². The Bertz CT molecular complexity index is 564. The van der Waals surface area contributed by atoms with Crippen LogP contribution in [0.4, 0.5) is 0 Å². The van der Waals surface area contributed by atoms with Crippen LogP contribution in [0.25, 0.3) is 0 Å². The Morgan fingerprint density at radius 1 is 0.429 bits per heavy atom. The molecule has 0 spiro atoms. The highest BCUT2D eigenvalue weighted by Crippen LogP contribution is 2.14. The van der Waals surface area contributed by atoms with E-state index in [2.05, 4.69) is 20.8 Å². The molecule has 0 saturated heterocycles. The van der Waals surface area contributed by atoms with E-state index in [1.54, 1.807) is 0 Å². The van der Waals surface area contributed by atoms with E-state index in [4.69, 9.17) is 14.2 Å². The van der Waals surface area contributed by atoms with Gasteiger partial charge in [0, 0.05) is 19.4 Å². The van der Waals surface area contributed by atoms with Crippen LogP contribution < -0.4 is 0 Å². The number of ether oxygens (including phenoxy) is 3. The van der Waals surface area contributed by atoms with Gasteiger partial charge in [-0.2, -0.15) is 0 Å². The highest BCUT2D eigenvalue weighted by molar-refractivity contribution is 5.70. The summed E-state index contributed by atoms with van der Waals surface area (Å²) in [6.45, 7) is 7.75. The molecule has 0 aromatic carbocycles. The van der Waals surface area contributed by atoms with Crippen molar-refractivity contribution in [1.82, 2.24) is 0 Å². The number of unbranched alkanes of at least 4 members (excludes halogenated alkanes) is 23. The second-order valence-electron chi connectivity index (χ2n) is 12.5. The van der Waals surface area contributed by atoms with Crippen LogP contribution in [0, 0.1) is 0 Å². The quantitative estimate of drug-likeness (QED) is 0.0546. The topological polar surface area (TPSA) is 61.8 Å². The smallest absolute Gasteiger partial charge is 0.306 e. The molecule has 0 fully saturated rings. The van der Waals surface area contributed by atoms with Gasteiger partial charge in [-0.3, -0.25) is 9.59 Å². The molecule has 5 heteroatoms. The molecule has 0 saturated carbocycles. The Hall–Kier alpha value is -1.10. The van der Waals surface area contributed by atoms with Crippen LogP contribution in [0.1, 0.15) is 201 Å². The van der Waals surface area contributed by atoms with E-state index in [-0.39, 0.29) is 18.5 Å². The molecule has 0 aromatic rings. The average molecular weight is 597 g/mol. The van der Waals surface area contributed by atoms with Gasteiger partial charge >= 0.3 is 11.9 Å². The van der Waals surface area contributed by atoms with E-state index < -0.39 is 6.10 Å². The number of hydrogen-bond donors (Lipinski definition) is 0. The number of esters is 2. The molecule has 42 heavy (non-hydrogen) atoms. The molecule has 0 bridgehead atoms. The van der Waals surface area contributed by atoms with Gasteiger partial charge in [0.2, 0.25) is 0 Å². The van der Waals surface area contributed by atoms with Crippen LogP contribution in [0.15, 0.2) is 0 Å². The second-order valence-corrected chi connectivity index (χ2v) is 12.5. The van der Waals surface area contributed by atoms with Crippen LogP contribution in [0.2, 0.25) is 0 Å². The molecule has 0 rings (SSSR count).